The molecule has 0 radical (unpaired) electrons. The number of hydrogen-bond donors (Lipinski definition) is 0. The Kier molecular flexibility index (Phi) is 7.72. The molecular weight excluding hydrogens is 426 g/mol. The summed E-state index contributed by atoms with van der Waals surface area (Å²) >= 11 is 6.25. The molecule has 0 saturated carbocycles. The summed E-state index contributed by atoms with van der Waals surface area (Å²) in [4.78, 5) is 14.5. The summed E-state index contributed by atoms with van der Waals surface area (Å²) in [6, 6.07) is 11.8. The number of ether oxygens (including phenoxy) is 3. The Hall–Kier alpha value is -2.50. The van der Waals surface area contributed by atoms with Gasteiger partial charge in [-0.2, -0.15) is 0 Å². The van der Waals surface area contributed by atoms with Crippen molar-refractivity contribution in [1.82, 2.24) is 4.90 Å². The SMILES string of the molecule is C=CCCC(=O)N1CCOc2c(cc(-c3cccc(Cl)c3)cc2OCC2CCCCO2)C1. The number of hydrogen-bond acceptors (Lipinski definition) is 4. The van der Waals surface area contributed by atoms with Crippen LogP contribution in [0.15, 0.2) is 49.1 Å². The summed E-state index contributed by atoms with van der Waals surface area (Å²) < 4.78 is 18.2. The highest BCUT2D eigenvalue weighted by molar-refractivity contribution is 6.30. The normalized spacial score (nSPS) is 18.3. The molecule has 0 N–H and O–H groups in total. The zero-order valence-corrected chi connectivity index (χ0v) is 19.1. The van der Waals surface area contributed by atoms with Crippen molar-refractivity contribution < 1.29 is 19.0 Å². The Bertz CT molecular complexity index is 955. The number of rotatable bonds is 7. The Morgan fingerprint density at radius 3 is 2.91 bits per heavy atom. The maximum atomic E-state index is 12.7. The number of carbonyl (C=O) groups is 1. The second-order valence-electron chi connectivity index (χ2n) is 8.26. The van der Waals surface area contributed by atoms with Crippen LogP contribution in [0.4, 0.5) is 0 Å². The molecule has 170 valence electrons. The molecule has 2 heterocycles. The minimum absolute atomic E-state index is 0.0944. The van der Waals surface area contributed by atoms with E-state index in [1.807, 2.05) is 35.2 Å². The molecule has 0 spiro atoms. The lowest BCUT2D eigenvalue weighted by atomic mass is 10.0. The molecule has 1 amide bonds. The van der Waals surface area contributed by atoms with Crippen LogP contribution in [0.1, 0.15) is 37.7 Å². The van der Waals surface area contributed by atoms with Crippen LogP contribution in [0.2, 0.25) is 5.02 Å². The number of allylic oxidation sites excluding steroid dienone is 1. The van der Waals surface area contributed by atoms with E-state index in [9.17, 15) is 4.79 Å². The van der Waals surface area contributed by atoms with E-state index in [-0.39, 0.29) is 12.0 Å². The number of fused-ring (bicyclic) bond motifs is 1. The van der Waals surface area contributed by atoms with E-state index in [4.69, 9.17) is 25.8 Å². The zero-order valence-electron chi connectivity index (χ0n) is 18.4. The minimum atomic E-state index is 0.0944. The first-order chi connectivity index (χ1) is 15.6. The highest BCUT2D eigenvalue weighted by Crippen LogP contribution is 2.39. The van der Waals surface area contributed by atoms with E-state index >= 15 is 0 Å². The van der Waals surface area contributed by atoms with Gasteiger partial charge >= 0.3 is 0 Å². The smallest absolute Gasteiger partial charge is 0.223 e. The summed E-state index contributed by atoms with van der Waals surface area (Å²) in [6.45, 7) is 6.45. The van der Waals surface area contributed by atoms with Crippen LogP contribution in [0.5, 0.6) is 11.5 Å². The molecule has 2 aromatic rings. The molecule has 4 rings (SSSR count). The van der Waals surface area contributed by atoms with Crippen molar-refractivity contribution >= 4 is 17.5 Å². The van der Waals surface area contributed by atoms with Crippen LogP contribution < -0.4 is 9.47 Å². The first-order valence-corrected chi connectivity index (χ1v) is 11.7. The number of benzene rings is 2. The fraction of sp³-hybridized carbons (Fsp3) is 0.423. The maximum absolute atomic E-state index is 12.7. The van der Waals surface area contributed by atoms with Gasteiger partial charge in [0.1, 0.15) is 13.2 Å². The molecule has 2 aliphatic heterocycles. The van der Waals surface area contributed by atoms with Gasteiger partial charge in [-0.05, 0) is 61.1 Å². The van der Waals surface area contributed by atoms with Crippen LogP contribution in [0, 0.1) is 0 Å². The summed E-state index contributed by atoms with van der Waals surface area (Å²) in [7, 11) is 0. The third-order valence-corrected chi connectivity index (χ3v) is 6.11. The van der Waals surface area contributed by atoms with Crippen molar-refractivity contribution in [2.45, 2.75) is 44.8 Å². The second kappa shape index (κ2) is 10.9. The first kappa shape index (κ1) is 22.7. The Balaban J connectivity index is 1.64. The molecule has 32 heavy (non-hydrogen) atoms. The molecular formula is C26H30ClNO4. The van der Waals surface area contributed by atoms with Gasteiger partial charge in [-0.1, -0.05) is 29.8 Å². The molecule has 2 aliphatic rings. The molecule has 5 nitrogen and oxygen atoms in total. The zero-order chi connectivity index (χ0) is 22.3. The van der Waals surface area contributed by atoms with Crippen molar-refractivity contribution in [1.29, 1.82) is 0 Å². The van der Waals surface area contributed by atoms with Crippen LogP contribution >= 0.6 is 11.6 Å². The van der Waals surface area contributed by atoms with E-state index < -0.39 is 0 Å². The van der Waals surface area contributed by atoms with Crippen molar-refractivity contribution in [2.75, 3.05) is 26.4 Å². The summed E-state index contributed by atoms with van der Waals surface area (Å²) in [6.07, 6.45) is 6.26. The highest BCUT2D eigenvalue weighted by Gasteiger charge is 2.24. The van der Waals surface area contributed by atoms with E-state index in [1.165, 1.54) is 0 Å². The number of carbonyl (C=O) groups excluding carboxylic acids is 1. The Morgan fingerprint density at radius 1 is 1.22 bits per heavy atom. The lowest BCUT2D eigenvalue weighted by Crippen LogP contribution is -2.32. The lowest BCUT2D eigenvalue weighted by molar-refractivity contribution is -0.131. The van der Waals surface area contributed by atoms with E-state index in [0.717, 1.165) is 42.6 Å². The molecule has 1 atom stereocenters. The van der Waals surface area contributed by atoms with Crippen molar-refractivity contribution in [3.63, 3.8) is 0 Å². The van der Waals surface area contributed by atoms with Gasteiger partial charge < -0.3 is 19.1 Å². The topological polar surface area (TPSA) is 48.0 Å². The molecule has 6 heteroatoms. The van der Waals surface area contributed by atoms with Gasteiger partial charge in [0.15, 0.2) is 11.5 Å². The Morgan fingerprint density at radius 2 is 2.12 bits per heavy atom. The first-order valence-electron chi connectivity index (χ1n) is 11.3. The standard InChI is InChI=1S/C26H30ClNO4/c1-2-3-10-25(29)28-11-13-31-26-21(17-28)14-20(19-7-6-8-22(27)15-19)16-24(26)32-18-23-9-4-5-12-30-23/h2,6-8,14-16,23H,1,3-5,9-13,17-18H2. The van der Waals surface area contributed by atoms with Crippen LogP contribution in [0.25, 0.3) is 11.1 Å². The van der Waals surface area contributed by atoms with Crippen LogP contribution in [-0.2, 0) is 16.1 Å². The van der Waals surface area contributed by atoms with Gasteiger partial charge in [0.05, 0.1) is 12.6 Å². The van der Waals surface area contributed by atoms with Gasteiger partial charge in [0, 0.05) is 30.2 Å². The molecule has 0 aromatic heterocycles. The third-order valence-electron chi connectivity index (χ3n) is 5.87. The van der Waals surface area contributed by atoms with Gasteiger partial charge in [-0.3, -0.25) is 4.79 Å². The molecule has 0 aliphatic carbocycles. The van der Waals surface area contributed by atoms with E-state index in [2.05, 4.69) is 12.6 Å². The van der Waals surface area contributed by atoms with Crippen LogP contribution in [0.3, 0.4) is 0 Å². The fourth-order valence-corrected chi connectivity index (χ4v) is 4.33. The third kappa shape index (κ3) is 5.64. The highest BCUT2D eigenvalue weighted by atomic mass is 35.5. The summed E-state index contributed by atoms with van der Waals surface area (Å²) in [5.74, 6) is 1.50. The quantitative estimate of drug-likeness (QED) is 0.507. The predicted octanol–water partition coefficient (Wildman–Crippen LogP) is 5.64. The number of halogens is 1. The molecule has 1 fully saturated rings. The van der Waals surface area contributed by atoms with Crippen LogP contribution in [-0.4, -0.2) is 43.3 Å². The monoisotopic (exact) mass is 455 g/mol. The number of amides is 1. The maximum Gasteiger partial charge on any atom is 0.223 e. The predicted molar refractivity (Wildman–Crippen MR) is 126 cm³/mol. The van der Waals surface area contributed by atoms with Crippen molar-refractivity contribution in [2.24, 2.45) is 0 Å². The molecule has 2 aromatic carbocycles. The van der Waals surface area contributed by atoms with Gasteiger partial charge in [-0.25, -0.2) is 0 Å². The lowest BCUT2D eigenvalue weighted by Gasteiger charge is -2.24. The summed E-state index contributed by atoms with van der Waals surface area (Å²) in [5.41, 5.74) is 2.91. The fourth-order valence-electron chi connectivity index (χ4n) is 4.14. The average molecular weight is 456 g/mol. The molecule has 1 saturated heterocycles. The largest absolute Gasteiger partial charge is 0.487 e. The molecule has 1 unspecified atom stereocenters. The van der Waals surface area contributed by atoms with E-state index in [0.29, 0.717) is 55.7 Å². The van der Waals surface area contributed by atoms with Crippen molar-refractivity contribution in [3.05, 3.63) is 59.6 Å². The second-order valence-corrected chi connectivity index (χ2v) is 8.70. The van der Waals surface area contributed by atoms with Gasteiger partial charge in [0.2, 0.25) is 5.91 Å². The minimum Gasteiger partial charge on any atom is -0.487 e. The van der Waals surface area contributed by atoms with Gasteiger partial charge in [0.25, 0.3) is 0 Å². The average Bonchev–Trinajstić information content (AvgIpc) is 3.04. The summed E-state index contributed by atoms with van der Waals surface area (Å²) in [5, 5.41) is 0.674. The van der Waals surface area contributed by atoms with Crippen molar-refractivity contribution in [3.8, 4) is 22.6 Å². The number of nitrogens with zero attached hydrogens (tertiary/aromatic N) is 1. The van der Waals surface area contributed by atoms with Gasteiger partial charge in [-0.15, -0.1) is 6.58 Å². The van der Waals surface area contributed by atoms with E-state index in [1.54, 1.807) is 6.08 Å². The Labute approximate surface area is 194 Å². The molecule has 0 bridgehead atoms.